The number of pyridine rings is 1. The van der Waals surface area contributed by atoms with Crippen molar-refractivity contribution < 1.29 is 0 Å². The standard InChI is InChI=1S/C27H31N7/c1-3-11-23(12-4-1)26(24-13-5-2-6-14-24)27-29-30-31-34(27)18-10-9-17-32-19-21-33(22-20-32)25-15-7-8-16-28-25/h1-8,11-16,26H,9-10,17-22H2. The Labute approximate surface area is 201 Å². The molecule has 0 unspecified atom stereocenters. The molecule has 1 fully saturated rings. The van der Waals surface area contributed by atoms with E-state index in [9.17, 15) is 0 Å². The Morgan fingerprint density at radius 3 is 2.00 bits per heavy atom. The van der Waals surface area contributed by atoms with Crippen LogP contribution in [0.5, 0.6) is 0 Å². The summed E-state index contributed by atoms with van der Waals surface area (Å²) in [4.78, 5) is 9.41. The molecule has 1 aliphatic heterocycles. The lowest BCUT2D eigenvalue weighted by atomic mass is 9.90. The van der Waals surface area contributed by atoms with Crippen LogP contribution in [0.1, 0.15) is 35.7 Å². The molecule has 174 valence electrons. The molecule has 3 heterocycles. The molecule has 34 heavy (non-hydrogen) atoms. The molecule has 0 spiro atoms. The number of piperazine rings is 1. The van der Waals surface area contributed by atoms with Gasteiger partial charge in [-0.3, -0.25) is 4.90 Å². The van der Waals surface area contributed by atoms with Gasteiger partial charge in [0.1, 0.15) is 5.82 Å². The van der Waals surface area contributed by atoms with Gasteiger partial charge in [0, 0.05) is 38.9 Å². The Balaban J connectivity index is 1.17. The van der Waals surface area contributed by atoms with Gasteiger partial charge in [0.25, 0.3) is 0 Å². The van der Waals surface area contributed by atoms with Crippen molar-refractivity contribution in [2.75, 3.05) is 37.6 Å². The van der Waals surface area contributed by atoms with Gasteiger partial charge in [0.2, 0.25) is 0 Å². The van der Waals surface area contributed by atoms with E-state index in [1.807, 2.05) is 29.1 Å². The summed E-state index contributed by atoms with van der Waals surface area (Å²) in [5, 5.41) is 12.8. The summed E-state index contributed by atoms with van der Waals surface area (Å²) in [6, 6.07) is 27.1. The molecule has 0 amide bonds. The van der Waals surface area contributed by atoms with E-state index in [1.54, 1.807) is 0 Å². The molecule has 0 radical (unpaired) electrons. The fourth-order valence-corrected chi connectivity index (χ4v) is 4.70. The van der Waals surface area contributed by atoms with Crippen molar-refractivity contribution in [2.45, 2.75) is 25.3 Å². The number of hydrogen-bond donors (Lipinski definition) is 0. The van der Waals surface area contributed by atoms with Crippen molar-refractivity contribution in [3.8, 4) is 0 Å². The summed E-state index contributed by atoms with van der Waals surface area (Å²) < 4.78 is 1.99. The van der Waals surface area contributed by atoms with Crippen molar-refractivity contribution in [2.24, 2.45) is 0 Å². The number of aromatic nitrogens is 5. The summed E-state index contributed by atoms with van der Waals surface area (Å²) in [6.07, 6.45) is 4.05. The second kappa shape index (κ2) is 11.0. The molecule has 1 aliphatic rings. The molecule has 7 heteroatoms. The van der Waals surface area contributed by atoms with Crippen LogP contribution < -0.4 is 4.90 Å². The molecular formula is C27H31N7. The first kappa shape index (κ1) is 22.2. The zero-order chi connectivity index (χ0) is 23.0. The highest BCUT2D eigenvalue weighted by molar-refractivity contribution is 5.39. The Hall–Kier alpha value is -3.58. The van der Waals surface area contributed by atoms with Gasteiger partial charge in [-0.25, -0.2) is 9.67 Å². The first-order valence-electron chi connectivity index (χ1n) is 12.1. The van der Waals surface area contributed by atoms with Crippen LogP contribution in [-0.2, 0) is 6.54 Å². The van der Waals surface area contributed by atoms with Gasteiger partial charge in [-0.2, -0.15) is 0 Å². The Morgan fingerprint density at radius 2 is 1.35 bits per heavy atom. The van der Waals surface area contributed by atoms with E-state index in [2.05, 4.69) is 91.0 Å². The molecule has 0 bridgehead atoms. The lowest BCUT2D eigenvalue weighted by Gasteiger charge is -2.35. The van der Waals surface area contributed by atoms with Gasteiger partial charge >= 0.3 is 0 Å². The lowest BCUT2D eigenvalue weighted by Crippen LogP contribution is -2.46. The largest absolute Gasteiger partial charge is 0.354 e. The minimum Gasteiger partial charge on any atom is -0.354 e. The van der Waals surface area contributed by atoms with Gasteiger partial charge in [-0.1, -0.05) is 66.7 Å². The molecule has 2 aromatic heterocycles. The molecule has 0 N–H and O–H groups in total. The maximum atomic E-state index is 4.48. The predicted octanol–water partition coefficient (Wildman–Crippen LogP) is 3.85. The second-order valence-electron chi connectivity index (χ2n) is 8.74. The van der Waals surface area contributed by atoms with E-state index in [4.69, 9.17) is 0 Å². The van der Waals surface area contributed by atoms with E-state index in [1.165, 1.54) is 11.1 Å². The predicted molar refractivity (Wildman–Crippen MR) is 134 cm³/mol. The Bertz CT molecular complexity index is 1080. The smallest absolute Gasteiger partial charge is 0.163 e. The SMILES string of the molecule is c1ccc(C(c2ccccc2)c2nnnn2CCCCN2CCN(c3ccccn3)CC2)cc1. The van der Waals surface area contributed by atoms with Crippen molar-refractivity contribution in [3.05, 3.63) is 102 Å². The number of anilines is 1. The molecule has 4 aromatic rings. The third-order valence-corrected chi connectivity index (χ3v) is 6.52. The Kier molecular flexibility index (Phi) is 7.21. The number of unbranched alkanes of at least 4 members (excludes halogenated alkanes) is 1. The number of aryl methyl sites for hydroxylation is 1. The summed E-state index contributed by atoms with van der Waals surface area (Å²) in [6.45, 7) is 6.16. The number of tetrazole rings is 1. The average Bonchev–Trinajstić information content (AvgIpc) is 3.37. The normalized spacial score (nSPS) is 14.6. The van der Waals surface area contributed by atoms with Gasteiger partial charge in [0.15, 0.2) is 5.82 Å². The van der Waals surface area contributed by atoms with Gasteiger partial charge in [0.05, 0.1) is 5.92 Å². The number of rotatable bonds is 9. The van der Waals surface area contributed by atoms with Crippen LogP contribution in [0.15, 0.2) is 85.1 Å². The van der Waals surface area contributed by atoms with Crippen LogP contribution in [0.2, 0.25) is 0 Å². The van der Waals surface area contributed by atoms with Crippen molar-refractivity contribution in [3.63, 3.8) is 0 Å². The minimum atomic E-state index is 0.0251. The van der Waals surface area contributed by atoms with Crippen LogP contribution in [0.3, 0.4) is 0 Å². The first-order chi connectivity index (χ1) is 16.9. The maximum Gasteiger partial charge on any atom is 0.163 e. The fourth-order valence-electron chi connectivity index (χ4n) is 4.70. The Morgan fingerprint density at radius 1 is 0.706 bits per heavy atom. The topological polar surface area (TPSA) is 63.0 Å². The molecule has 0 saturated carbocycles. The summed E-state index contributed by atoms with van der Waals surface area (Å²) in [5.41, 5.74) is 2.41. The second-order valence-corrected chi connectivity index (χ2v) is 8.74. The molecule has 0 aliphatic carbocycles. The zero-order valence-electron chi connectivity index (χ0n) is 19.4. The van der Waals surface area contributed by atoms with Crippen LogP contribution in [0.25, 0.3) is 0 Å². The lowest BCUT2D eigenvalue weighted by molar-refractivity contribution is 0.250. The van der Waals surface area contributed by atoms with Crippen LogP contribution in [0, 0.1) is 0 Å². The van der Waals surface area contributed by atoms with Crippen LogP contribution in [0.4, 0.5) is 5.82 Å². The van der Waals surface area contributed by atoms with Gasteiger partial charge in [-0.05, 0) is 53.1 Å². The molecule has 1 saturated heterocycles. The average molecular weight is 454 g/mol. The summed E-state index contributed by atoms with van der Waals surface area (Å²) >= 11 is 0. The minimum absolute atomic E-state index is 0.0251. The molecule has 2 aromatic carbocycles. The molecule has 5 rings (SSSR count). The number of benzene rings is 2. The van der Waals surface area contributed by atoms with E-state index in [0.29, 0.717) is 0 Å². The van der Waals surface area contributed by atoms with Crippen molar-refractivity contribution in [1.29, 1.82) is 0 Å². The van der Waals surface area contributed by atoms with Crippen molar-refractivity contribution >= 4 is 5.82 Å². The number of nitrogens with zero attached hydrogens (tertiary/aromatic N) is 7. The van der Waals surface area contributed by atoms with E-state index in [-0.39, 0.29) is 5.92 Å². The third-order valence-electron chi connectivity index (χ3n) is 6.52. The quantitative estimate of drug-likeness (QED) is 0.359. The first-order valence-corrected chi connectivity index (χ1v) is 12.1. The van der Waals surface area contributed by atoms with E-state index in [0.717, 1.165) is 63.8 Å². The van der Waals surface area contributed by atoms with Gasteiger partial charge in [-0.15, -0.1) is 5.10 Å². The highest BCUT2D eigenvalue weighted by Crippen LogP contribution is 2.30. The highest BCUT2D eigenvalue weighted by Gasteiger charge is 2.23. The molecule has 0 atom stereocenters. The van der Waals surface area contributed by atoms with Crippen LogP contribution in [-0.4, -0.2) is 62.8 Å². The summed E-state index contributed by atoms with van der Waals surface area (Å²) in [7, 11) is 0. The monoisotopic (exact) mass is 453 g/mol. The number of hydrogen-bond acceptors (Lipinski definition) is 6. The van der Waals surface area contributed by atoms with E-state index < -0.39 is 0 Å². The highest BCUT2D eigenvalue weighted by atomic mass is 15.5. The van der Waals surface area contributed by atoms with Crippen LogP contribution >= 0.6 is 0 Å². The van der Waals surface area contributed by atoms with E-state index >= 15 is 0 Å². The summed E-state index contributed by atoms with van der Waals surface area (Å²) in [5.74, 6) is 2.01. The fraction of sp³-hybridized carbons (Fsp3) is 0.333. The van der Waals surface area contributed by atoms with Gasteiger partial charge < -0.3 is 4.90 Å². The van der Waals surface area contributed by atoms with Crippen molar-refractivity contribution in [1.82, 2.24) is 30.1 Å². The third kappa shape index (κ3) is 5.31. The maximum absolute atomic E-state index is 4.48. The molecular weight excluding hydrogens is 422 g/mol. The molecule has 7 nitrogen and oxygen atoms in total. The zero-order valence-corrected chi connectivity index (χ0v) is 19.4.